The first-order chi connectivity index (χ1) is 16.6. The summed E-state index contributed by atoms with van der Waals surface area (Å²) >= 11 is 0. The fourth-order valence-electron chi connectivity index (χ4n) is 7.30. The van der Waals surface area contributed by atoms with Crippen LogP contribution in [0.4, 0.5) is 8.78 Å². The maximum absolute atomic E-state index is 13.3. The molecule has 1 aromatic rings. The molecule has 0 aromatic heterocycles. The van der Waals surface area contributed by atoms with Crippen LogP contribution in [0.2, 0.25) is 0 Å². The number of sulfonamides is 1. The van der Waals surface area contributed by atoms with E-state index in [4.69, 9.17) is 0 Å². The number of ether oxygens (including phenoxy) is 1. The molecule has 11 heteroatoms. The molecule has 0 spiro atoms. The summed E-state index contributed by atoms with van der Waals surface area (Å²) in [5, 5.41) is 12.8. The van der Waals surface area contributed by atoms with Gasteiger partial charge in [-0.15, -0.1) is 0 Å². The normalized spacial score (nSPS) is 33.8. The van der Waals surface area contributed by atoms with Crippen molar-refractivity contribution in [3.8, 4) is 11.8 Å². The summed E-state index contributed by atoms with van der Waals surface area (Å²) in [6, 6.07) is 6.83. The lowest BCUT2D eigenvalue weighted by atomic mass is 9.50. The van der Waals surface area contributed by atoms with Crippen LogP contribution in [0.15, 0.2) is 29.2 Å². The van der Waals surface area contributed by atoms with Crippen LogP contribution < -0.4 is 14.8 Å². The van der Waals surface area contributed by atoms with E-state index in [0.29, 0.717) is 31.2 Å². The molecular weight excluding hydrogens is 478 g/mol. The lowest BCUT2D eigenvalue weighted by Crippen LogP contribution is -2.69. The predicted octanol–water partition coefficient (Wildman–Crippen LogP) is 2.76. The average molecular weight is 509 g/mol. The molecule has 5 fully saturated rings. The highest BCUT2D eigenvalue weighted by Gasteiger charge is 2.58. The average Bonchev–Trinajstić information content (AvgIpc) is 3.25. The largest absolute Gasteiger partial charge is 0.435 e. The second-order valence-electron chi connectivity index (χ2n) is 10.7. The van der Waals surface area contributed by atoms with Crippen LogP contribution in [0.25, 0.3) is 0 Å². The van der Waals surface area contributed by atoms with Crippen LogP contribution in [-0.4, -0.2) is 56.0 Å². The molecular formula is C24H30F2N4O4S. The Balaban J connectivity index is 1.30. The number of carbonyl (C=O) groups excluding carboxylic acids is 1. The maximum Gasteiger partial charge on any atom is 0.387 e. The first-order valence-electron chi connectivity index (χ1n) is 12.1. The van der Waals surface area contributed by atoms with Gasteiger partial charge in [0.05, 0.1) is 17.5 Å². The molecule has 5 aliphatic rings. The predicted molar refractivity (Wildman–Crippen MR) is 122 cm³/mol. The molecule has 1 amide bonds. The van der Waals surface area contributed by atoms with Gasteiger partial charge in [0, 0.05) is 17.6 Å². The van der Waals surface area contributed by atoms with Gasteiger partial charge in [-0.1, -0.05) is 0 Å². The summed E-state index contributed by atoms with van der Waals surface area (Å²) in [4.78, 5) is 14.5. The zero-order valence-corrected chi connectivity index (χ0v) is 20.2. The fraction of sp³-hybridized carbons (Fsp3) is 0.667. The number of alkyl halides is 2. The molecule has 0 radical (unpaired) electrons. The van der Waals surface area contributed by atoms with E-state index in [1.807, 2.05) is 0 Å². The minimum atomic E-state index is -3.88. The molecule has 3 atom stereocenters. The number of amides is 1. The van der Waals surface area contributed by atoms with Gasteiger partial charge in [0.15, 0.2) is 0 Å². The van der Waals surface area contributed by atoms with Crippen molar-refractivity contribution >= 4 is 15.9 Å². The lowest BCUT2D eigenvalue weighted by molar-refractivity contribution is -0.131. The van der Waals surface area contributed by atoms with E-state index < -0.39 is 22.2 Å². The van der Waals surface area contributed by atoms with E-state index >= 15 is 0 Å². The fourth-order valence-corrected chi connectivity index (χ4v) is 8.72. The van der Waals surface area contributed by atoms with Gasteiger partial charge in [-0.3, -0.25) is 4.79 Å². The molecule has 1 aliphatic heterocycles. The van der Waals surface area contributed by atoms with Gasteiger partial charge in [-0.2, -0.15) is 14.0 Å². The monoisotopic (exact) mass is 508 g/mol. The Kier molecular flexibility index (Phi) is 6.26. The molecule has 6 rings (SSSR count). The standard InChI is InChI=1S/C24H30F2N4O4S/c25-22(26)34-19-3-5-20(6-4-19)35(32,33)29-24-11-16-8-17(12-24)10-23(9-16,15-24)28-14-21(31)30-7-1-2-18(30)13-27/h3-6,16-18,22,28-29H,1-2,7-12,14-15H2/t16?,17?,18-,23?,24?/m0/s1. The van der Waals surface area contributed by atoms with Crippen LogP contribution in [0, 0.1) is 23.2 Å². The Hall–Kier alpha value is -2.29. The minimum absolute atomic E-state index is 0.00336. The summed E-state index contributed by atoms with van der Waals surface area (Å²) in [5.41, 5.74) is -0.932. The van der Waals surface area contributed by atoms with E-state index in [-0.39, 0.29) is 34.7 Å². The number of hydrogen-bond donors (Lipinski definition) is 2. The van der Waals surface area contributed by atoms with Crippen LogP contribution in [0.5, 0.6) is 5.75 Å². The van der Waals surface area contributed by atoms with Gasteiger partial charge < -0.3 is 15.0 Å². The van der Waals surface area contributed by atoms with Crippen molar-refractivity contribution < 1.29 is 26.7 Å². The molecule has 190 valence electrons. The minimum Gasteiger partial charge on any atom is -0.435 e. The smallest absolute Gasteiger partial charge is 0.387 e. The molecule has 1 heterocycles. The van der Waals surface area contributed by atoms with Crippen molar-refractivity contribution in [2.24, 2.45) is 11.8 Å². The molecule has 4 saturated carbocycles. The topological polar surface area (TPSA) is 112 Å². The van der Waals surface area contributed by atoms with Crippen molar-refractivity contribution in [2.45, 2.75) is 80.0 Å². The van der Waals surface area contributed by atoms with Gasteiger partial charge in [0.2, 0.25) is 15.9 Å². The summed E-state index contributed by atoms with van der Waals surface area (Å²) in [6.07, 6.45) is 6.49. The Bertz CT molecular complexity index is 1110. The highest BCUT2D eigenvalue weighted by atomic mass is 32.2. The van der Waals surface area contributed by atoms with E-state index in [1.165, 1.54) is 24.3 Å². The van der Waals surface area contributed by atoms with Crippen molar-refractivity contribution in [3.63, 3.8) is 0 Å². The third kappa shape index (κ3) is 4.88. The number of nitriles is 1. The summed E-state index contributed by atoms with van der Waals surface area (Å²) in [7, 11) is -3.88. The lowest BCUT2D eigenvalue weighted by Gasteiger charge is -2.62. The molecule has 2 unspecified atom stereocenters. The Labute approximate surface area is 204 Å². The van der Waals surface area contributed by atoms with Crippen LogP contribution in [-0.2, 0) is 14.8 Å². The van der Waals surface area contributed by atoms with Gasteiger partial charge in [-0.05, 0) is 87.5 Å². The Morgan fingerprint density at radius 1 is 1.17 bits per heavy atom. The quantitative estimate of drug-likeness (QED) is 0.559. The number of hydrogen-bond acceptors (Lipinski definition) is 6. The van der Waals surface area contributed by atoms with E-state index in [0.717, 1.165) is 38.5 Å². The Morgan fingerprint density at radius 3 is 2.46 bits per heavy atom. The first-order valence-corrected chi connectivity index (χ1v) is 13.6. The number of likely N-dealkylation sites (tertiary alicyclic amines) is 1. The zero-order chi connectivity index (χ0) is 24.8. The maximum atomic E-state index is 13.3. The Morgan fingerprint density at radius 2 is 1.83 bits per heavy atom. The van der Waals surface area contributed by atoms with Gasteiger partial charge in [0.25, 0.3) is 0 Å². The van der Waals surface area contributed by atoms with Gasteiger partial charge >= 0.3 is 6.61 Å². The van der Waals surface area contributed by atoms with Crippen LogP contribution in [0.1, 0.15) is 51.4 Å². The van der Waals surface area contributed by atoms with Crippen molar-refractivity contribution in [1.29, 1.82) is 5.26 Å². The third-order valence-electron chi connectivity index (χ3n) is 8.11. The van der Waals surface area contributed by atoms with Gasteiger partial charge in [0.1, 0.15) is 11.8 Å². The molecule has 1 aromatic carbocycles. The number of nitrogens with zero attached hydrogens (tertiary/aromatic N) is 2. The molecule has 4 aliphatic carbocycles. The summed E-state index contributed by atoms with van der Waals surface area (Å²) in [5.74, 6) is 0.549. The number of rotatable bonds is 8. The van der Waals surface area contributed by atoms with E-state index in [2.05, 4.69) is 20.8 Å². The van der Waals surface area contributed by atoms with Crippen molar-refractivity contribution in [3.05, 3.63) is 24.3 Å². The summed E-state index contributed by atoms with van der Waals surface area (Å²) in [6.45, 7) is -2.23. The highest BCUT2D eigenvalue weighted by Crippen LogP contribution is 2.57. The second-order valence-corrected chi connectivity index (χ2v) is 12.4. The number of nitrogens with one attached hydrogen (secondary N) is 2. The van der Waals surface area contributed by atoms with Crippen LogP contribution >= 0.6 is 0 Å². The molecule has 4 bridgehead atoms. The van der Waals surface area contributed by atoms with Crippen molar-refractivity contribution in [1.82, 2.24) is 14.9 Å². The molecule has 35 heavy (non-hydrogen) atoms. The second kappa shape index (κ2) is 8.98. The number of benzene rings is 1. The van der Waals surface area contributed by atoms with Gasteiger partial charge in [-0.25, -0.2) is 13.1 Å². The van der Waals surface area contributed by atoms with Crippen LogP contribution in [0.3, 0.4) is 0 Å². The number of carbonyl (C=O) groups is 1. The SMILES string of the molecule is N#C[C@@H]1CCCN1C(=O)CNC12CC3CC(C1)CC(NS(=O)(=O)c1ccc(OC(F)F)cc1)(C3)C2. The zero-order valence-electron chi connectivity index (χ0n) is 19.4. The highest BCUT2D eigenvalue weighted by molar-refractivity contribution is 7.89. The molecule has 2 N–H and O–H groups in total. The molecule has 8 nitrogen and oxygen atoms in total. The van der Waals surface area contributed by atoms with Crippen molar-refractivity contribution in [2.75, 3.05) is 13.1 Å². The van der Waals surface area contributed by atoms with E-state index in [1.54, 1.807) is 4.90 Å². The first kappa shape index (κ1) is 24.4. The molecule has 1 saturated heterocycles. The summed E-state index contributed by atoms with van der Waals surface area (Å²) < 4.78 is 58.6. The number of halogens is 2. The third-order valence-corrected chi connectivity index (χ3v) is 9.70. The van der Waals surface area contributed by atoms with E-state index in [9.17, 15) is 27.3 Å².